The lowest BCUT2D eigenvalue weighted by molar-refractivity contribution is -0.163. The number of nitrogens with one attached hydrogen (secondary N) is 1. The Kier molecular flexibility index (Phi) is 14.0. The Morgan fingerprint density at radius 1 is 1.14 bits per heavy atom. The number of carbonyl (C=O) groups excluding carboxylic acids is 3. The Morgan fingerprint density at radius 2 is 1.98 bits per heavy atom. The minimum absolute atomic E-state index is 0.0534. The largest absolute Gasteiger partial charge is 0.462 e. The highest BCUT2D eigenvalue weighted by atomic mass is 16.6. The van der Waals surface area contributed by atoms with Gasteiger partial charge in [0.2, 0.25) is 0 Å². The van der Waals surface area contributed by atoms with Crippen LogP contribution in [-0.4, -0.2) is 74.3 Å². The Morgan fingerprint density at radius 3 is 2.74 bits per heavy atom. The van der Waals surface area contributed by atoms with Gasteiger partial charge < -0.3 is 33.4 Å². The molecule has 1 amide bonds. The summed E-state index contributed by atoms with van der Waals surface area (Å²) in [5, 5.41) is 2.61. The third kappa shape index (κ3) is 12.0. The third-order valence-corrected chi connectivity index (χ3v) is 7.30. The summed E-state index contributed by atoms with van der Waals surface area (Å²) in [6.45, 7) is 4.59. The van der Waals surface area contributed by atoms with Gasteiger partial charge in [-0.15, -0.1) is 0 Å². The van der Waals surface area contributed by atoms with Crippen LogP contribution < -0.4 is 5.32 Å². The van der Waals surface area contributed by atoms with Crippen LogP contribution in [-0.2, 0) is 46.1 Å². The first-order chi connectivity index (χ1) is 20.3. The van der Waals surface area contributed by atoms with Gasteiger partial charge in [0.1, 0.15) is 18.5 Å². The molecule has 0 spiro atoms. The molecule has 5 atom stereocenters. The van der Waals surface area contributed by atoms with Crippen molar-refractivity contribution in [2.24, 2.45) is 0 Å². The molecule has 1 fully saturated rings. The number of oxazole rings is 1. The van der Waals surface area contributed by atoms with Crippen molar-refractivity contribution in [3.05, 3.63) is 41.6 Å². The predicted octanol–water partition coefficient (Wildman–Crippen LogP) is 4.77. The lowest BCUT2D eigenvalue weighted by atomic mass is 9.95. The number of fused-ring (bicyclic) bond motifs is 2. The molecule has 1 aromatic heterocycles. The van der Waals surface area contributed by atoms with E-state index in [2.05, 4.69) is 35.0 Å². The van der Waals surface area contributed by atoms with Crippen LogP contribution in [0.15, 0.2) is 34.5 Å². The van der Waals surface area contributed by atoms with E-state index in [0.29, 0.717) is 63.8 Å². The summed E-state index contributed by atoms with van der Waals surface area (Å²) in [4.78, 5) is 40.9. The van der Waals surface area contributed by atoms with Gasteiger partial charge in [0.15, 0.2) is 5.89 Å². The van der Waals surface area contributed by atoms with E-state index in [1.807, 2.05) is 0 Å². The number of cyclic esters (lactones) is 1. The number of aromatic nitrogens is 1. The second-order valence-corrected chi connectivity index (χ2v) is 10.9. The van der Waals surface area contributed by atoms with E-state index in [0.717, 1.165) is 24.1 Å². The molecule has 2 bridgehead atoms. The van der Waals surface area contributed by atoms with E-state index in [1.165, 1.54) is 13.2 Å². The summed E-state index contributed by atoms with van der Waals surface area (Å²) in [6.07, 6.45) is 11.8. The number of hydrogen-bond donors (Lipinski definition) is 1. The molecule has 3 rings (SSSR count). The van der Waals surface area contributed by atoms with Crippen molar-refractivity contribution < 1.29 is 42.5 Å². The standard InChI is InChI=1S/C31H46N2O9/c1-5-9-23-16-24(37-3)14-21(2)15-25-17-26(18-27(40-25)19-30(35)41-23)42-29(34)12-7-6-10-22-20-39-28(33-22)11-8-13-32-31(36)38-4/h7,12,15,20,23-27H,5-6,8-11,13-14,16-19H2,1-4H3,(H,32,36)/b12-7-,21-15-/t23-,24-,25+,26+,27+/m0/s1. The molecule has 1 N–H and O–H groups in total. The van der Waals surface area contributed by atoms with Crippen molar-refractivity contribution in [2.45, 2.75) is 115 Å². The molecular formula is C31H46N2O9. The van der Waals surface area contributed by atoms with Crippen LogP contribution >= 0.6 is 0 Å². The number of esters is 2. The average Bonchev–Trinajstić information content (AvgIpc) is 3.39. The summed E-state index contributed by atoms with van der Waals surface area (Å²) >= 11 is 0. The van der Waals surface area contributed by atoms with E-state index < -0.39 is 12.1 Å². The molecule has 234 valence electrons. The molecule has 3 heterocycles. The van der Waals surface area contributed by atoms with Crippen LogP contribution in [0.25, 0.3) is 0 Å². The van der Waals surface area contributed by atoms with Gasteiger partial charge in [0.25, 0.3) is 0 Å². The molecule has 0 saturated carbocycles. The van der Waals surface area contributed by atoms with Crippen molar-refractivity contribution >= 4 is 18.0 Å². The summed E-state index contributed by atoms with van der Waals surface area (Å²) in [5.74, 6) is -0.124. The quantitative estimate of drug-likeness (QED) is 0.119. The summed E-state index contributed by atoms with van der Waals surface area (Å²) in [7, 11) is 3.01. The molecule has 0 aromatic carbocycles. The number of ether oxygens (including phenoxy) is 5. The molecular weight excluding hydrogens is 544 g/mol. The Labute approximate surface area is 248 Å². The zero-order valence-corrected chi connectivity index (χ0v) is 25.3. The fraction of sp³-hybridized carbons (Fsp3) is 0.677. The number of methoxy groups -OCH3 is 2. The van der Waals surface area contributed by atoms with E-state index in [9.17, 15) is 14.4 Å². The van der Waals surface area contributed by atoms with Gasteiger partial charge in [-0.3, -0.25) is 4.79 Å². The Balaban J connectivity index is 1.49. The maximum absolute atomic E-state index is 12.8. The summed E-state index contributed by atoms with van der Waals surface area (Å²) in [6, 6.07) is 0. The molecule has 1 aromatic rings. The number of alkyl carbamates (subject to hydrolysis) is 1. The maximum Gasteiger partial charge on any atom is 0.406 e. The van der Waals surface area contributed by atoms with Crippen molar-refractivity contribution in [3.8, 4) is 0 Å². The first-order valence-corrected chi connectivity index (χ1v) is 14.9. The van der Waals surface area contributed by atoms with Crippen molar-refractivity contribution in [3.63, 3.8) is 0 Å². The lowest BCUT2D eigenvalue weighted by Crippen LogP contribution is -2.39. The second-order valence-electron chi connectivity index (χ2n) is 10.9. The van der Waals surface area contributed by atoms with Gasteiger partial charge in [-0.1, -0.05) is 31.1 Å². The fourth-order valence-electron chi connectivity index (χ4n) is 5.30. The van der Waals surface area contributed by atoms with E-state index in [-0.39, 0.29) is 42.9 Å². The molecule has 0 radical (unpaired) electrons. The fourth-order valence-corrected chi connectivity index (χ4v) is 5.30. The van der Waals surface area contributed by atoms with Crippen LogP contribution in [0.2, 0.25) is 0 Å². The first-order valence-electron chi connectivity index (χ1n) is 14.9. The number of aryl methyl sites for hydroxylation is 2. The average molecular weight is 591 g/mol. The second kappa shape index (κ2) is 17.7. The van der Waals surface area contributed by atoms with Crippen LogP contribution in [0.1, 0.15) is 83.2 Å². The normalized spacial score (nSPS) is 26.3. The molecule has 2 aliphatic rings. The highest BCUT2D eigenvalue weighted by Crippen LogP contribution is 2.29. The van der Waals surface area contributed by atoms with Crippen LogP contribution in [0.4, 0.5) is 4.79 Å². The topological polar surface area (TPSA) is 135 Å². The number of hydrogen-bond acceptors (Lipinski definition) is 10. The number of carbonyl (C=O) groups is 3. The minimum Gasteiger partial charge on any atom is -0.462 e. The summed E-state index contributed by atoms with van der Waals surface area (Å²) in [5.41, 5.74) is 1.92. The van der Waals surface area contributed by atoms with Crippen molar-refractivity contribution in [1.29, 1.82) is 0 Å². The third-order valence-electron chi connectivity index (χ3n) is 7.30. The summed E-state index contributed by atoms with van der Waals surface area (Å²) < 4.78 is 33.5. The molecule has 2 aliphatic heterocycles. The molecule has 42 heavy (non-hydrogen) atoms. The number of amides is 1. The zero-order chi connectivity index (χ0) is 30.3. The van der Waals surface area contributed by atoms with Gasteiger partial charge >= 0.3 is 18.0 Å². The van der Waals surface area contributed by atoms with Gasteiger partial charge in [-0.05, 0) is 39.0 Å². The monoisotopic (exact) mass is 590 g/mol. The van der Waals surface area contributed by atoms with Crippen molar-refractivity contribution in [1.82, 2.24) is 10.3 Å². The van der Waals surface area contributed by atoms with Crippen LogP contribution in [0.3, 0.4) is 0 Å². The van der Waals surface area contributed by atoms with Gasteiger partial charge in [0, 0.05) is 45.4 Å². The van der Waals surface area contributed by atoms with E-state index in [4.69, 9.17) is 23.4 Å². The number of rotatable bonds is 12. The highest BCUT2D eigenvalue weighted by molar-refractivity contribution is 5.82. The van der Waals surface area contributed by atoms with Gasteiger partial charge in [-0.25, -0.2) is 14.6 Å². The van der Waals surface area contributed by atoms with Gasteiger partial charge in [-0.2, -0.15) is 0 Å². The number of nitrogens with zero attached hydrogens (tertiary/aromatic N) is 1. The van der Waals surface area contributed by atoms with E-state index >= 15 is 0 Å². The highest BCUT2D eigenvalue weighted by Gasteiger charge is 2.33. The van der Waals surface area contributed by atoms with E-state index in [1.54, 1.807) is 19.4 Å². The molecule has 1 saturated heterocycles. The van der Waals surface area contributed by atoms with Crippen molar-refractivity contribution in [2.75, 3.05) is 20.8 Å². The molecule has 11 heteroatoms. The molecule has 0 unspecified atom stereocenters. The lowest BCUT2D eigenvalue weighted by Gasteiger charge is -2.34. The Hall–Kier alpha value is -3.18. The maximum atomic E-state index is 12.8. The zero-order valence-electron chi connectivity index (χ0n) is 25.3. The minimum atomic E-state index is -0.464. The SMILES string of the molecule is CCC[C@H]1C[C@@H](OC)C/C(C)=C\[C@@H]2C[C@@H](OC(=O)/C=C\CCc3coc(CCCNC(=O)OC)n3)C[C@H](CC(=O)O1)O2. The van der Waals surface area contributed by atoms with Crippen LogP contribution in [0, 0.1) is 0 Å². The number of allylic oxidation sites excluding steroid dienone is 1. The molecule has 0 aliphatic carbocycles. The Bertz CT molecular complexity index is 1070. The molecule has 11 nitrogen and oxygen atoms in total. The smallest absolute Gasteiger partial charge is 0.406 e. The first kappa shape index (κ1) is 33.3. The van der Waals surface area contributed by atoms with Gasteiger partial charge in [0.05, 0.1) is 37.5 Å². The predicted molar refractivity (Wildman–Crippen MR) is 154 cm³/mol. The van der Waals surface area contributed by atoms with Crippen LogP contribution in [0.5, 0.6) is 0 Å².